The summed E-state index contributed by atoms with van der Waals surface area (Å²) in [5.41, 5.74) is 0.854. The van der Waals surface area contributed by atoms with Crippen molar-refractivity contribution < 1.29 is 0 Å². The van der Waals surface area contributed by atoms with E-state index in [1.54, 1.807) is 6.20 Å². The molecule has 0 saturated heterocycles. The molecule has 0 amide bonds. The van der Waals surface area contributed by atoms with Crippen LogP contribution >= 0.6 is 24.8 Å². The third-order valence-electron chi connectivity index (χ3n) is 1.09. The Balaban J connectivity index is 2.85. The van der Waals surface area contributed by atoms with Crippen molar-refractivity contribution in [3.05, 3.63) is 30.1 Å². The van der Waals surface area contributed by atoms with E-state index in [4.69, 9.17) is 12.2 Å². The topological polar surface area (TPSA) is 12.9 Å². The Morgan fingerprint density at radius 1 is 1.60 bits per heavy atom. The summed E-state index contributed by atoms with van der Waals surface area (Å²) in [6.07, 6.45) is 1.73. The molecule has 1 aromatic rings. The summed E-state index contributed by atoms with van der Waals surface area (Å²) in [5, 5.41) is 0. The monoisotopic (exact) mass is 169 g/mol. The zero-order valence-electron chi connectivity index (χ0n) is 5.32. The molecule has 0 fully saturated rings. The maximum absolute atomic E-state index is 4.98. The average molecular weight is 169 g/mol. The molecule has 0 spiro atoms. The smallest absolute Gasteiger partial charge is 0.0777 e. The number of hydrogen-bond acceptors (Lipinski definition) is 3. The van der Waals surface area contributed by atoms with Gasteiger partial charge in [0, 0.05) is 11.9 Å². The van der Waals surface area contributed by atoms with E-state index < -0.39 is 0 Å². The lowest BCUT2D eigenvalue weighted by Gasteiger charge is -1.95. The highest BCUT2D eigenvalue weighted by Gasteiger charge is 1.96. The van der Waals surface area contributed by atoms with Gasteiger partial charge >= 0.3 is 0 Å². The van der Waals surface area contributed by atoms with E-state index in [0.29, 0.717) is 5.75 Å². The number of rotatable bonds is 2. The summed E-state index contributed by atoms with van der Waals surface area (Å²) >= 11 is 9.03. The molecule has 1 nitrogen and oxygen atoms in total. The zero-order chi connectivity index (χ0) is 7.40. The van der Waals surface area contributed by atoms with Gasteiger partial charge in [-0.25, -0.2) is 0 Å². The maximum Gasteiger partial charge on any atom is 0.0777 e. The quantitative estimate of drug-likeness (QED) is 0.411. The molecule has 10 heavy (non-hydrogen) atoms. The van der Waals surface area contributed by atoms with E-state index in [0.717, 1.165) is 10.6 Å². The number of nitrogens with zero attached hydrogens (tertiary/aromatic N) is 1. The van der Waals surface area contributed by atoms with Gasteiger partial charge in [0.25, 0.3) is 0 Å². The van der Waals surface area contributed by atoms with Crippen LogP contribution in [0.25, 0.3) is 0 Å². The molecule has 0 aliphatic heterocycles. The number of thiocarbonyl (C=S) groups is 1. The van der Waals surface area contributed by atoms with Crippen molar-refractivity contribution >= 4 is 29.7 Å². The number of aromatic nitrogens is 1. The van der Waals surface area contributed by atoms with Crippen LogP contribution in [0.1, 0.15) is 5.69 Å². The van der Waals surface area contributed by atoms with Crippen LogP contribution in [0.15, 0.2) is 24.4 Å². The SMILES string of the molecule is S=C(CS)c1ccccn1. The molecule has 1 rings (SSSR count). The average Bonchev–Trinajstić information content (AvgIpc) is 2.05. The molecule has 0 radical (unpaired) electrons. The van der Waals surface area contributed by atoms with E-state index in [1.807, 2.05) is 18.2 Å². The predicted molar refractivity (Wildman–Crippen MR) is 49.8 cm³/mol. The lowest BCUT2D eigenvalue weighted by molar-refractivity contribution is 1.30. The van der Waals surface area contributed by atoms with Crippen molar-refractivity contribution in [3.8, 4) is 0 Å². The fourth-order valence-electron chi connectivity index (χ4n) is 0.609. The van der Waals surface area contributed by atoms with Crippen molar-refractivity contribution in [3.63, 3.8) is 0 Å². The molecule has 0 atom stereocenters. The van der Waals surface area contributed by atoms with Crippen LogP contribution in [0, 0.1) is 0 Å². The summed E-state index contributed by atoms with van der Waals surface area (Å²) in [6, 6.07) is 5.67. The second-order valence-electron chi connectivity index (χ2n) is 1.80. The van der Waals surface area contributed by atoms with Crippen LogP contribution in [0.2, 0.25) is 0 Å². The molecule has 0 unspecified atom stereocenters. The Labute approximate surface area is 70.9 Å². The maximum atomic E-state index is 4.98. The second kappa shape index (κ2) is 3.68. The van der Waals surface area contributed by atoms with Gasteiger partial charge in [-0.1, -0.05) is 18.3 Å². The molecule has 52 valence electrons. The fourth-order valence-corrected chi connectivity index (χ4v) is 0.891. The Bertz CT molecular complexity index is 220. The van der Waals surface area contributed by atoms with Gasteiger partial charge in [0.05, 0.1) is 10.6 Å². The van der Waals surface area contributed by atoms with Crippen LogP contribution < -0.4 is 0 Å². The molecule has 0 N–H and O–H groups in total. The minimum atomic E-state index is 0.590. The lowest BCUT2D eigenvalue weighted by atomic mass is 10.3. The number of pyridine rings is 1. The van der Waals surface area contributed by atoms with E-state index in [2.05, 4.69) is 17.6 Å². The van der Waals surface area contributed by atoms with Crippen molar-refractivity contribution in [2.45, 2.75) is 0 Å². The molecule has 0 aromatic carbocycles. The highest BCUT2D eigenvalue weighted by molar-refractivity contribution is 7.86. The predicted octanol–water partition coefficient (Wildman–Crippen LogP) is 1.73. The van der Waals surface area contributed by atoms with Crippen molar-refractivity contribution in [1.82, 2.24) is 4.98 Å². The Kier molecular flexibility index (Phi) is 2.83. The van der Waals surface area contributed by atoms with E-state index in [9.17, 15) is 0 Å². The highest BCUT2D eigenvalue weighted by Crippen LogP contribution is 1.97. The van der Waals surface area contributed by atoms with Gasteiger partial charge in [0.15, 0.2) is 0 Å². The normalized spacial score (nSPS) is 9.30. The van der Waals surface area contributed by atoms with Gasteiger partial charge in [-0.3, -0.25) is 4.98 Å². The molecule has 0 saturated carbocycles. The Morgan fingerprint density at radius 3 is 2.90 bits per heavy atom. The minimum Gasteiger partial charge on any atom is -0.256 e. The summed E-state index contributed by atoms with van der Waals surface area (Å²) in [4.78, 5) is 4.85. The summed E-state index contributed by atoms with van der Waals surface area (Å²) in [6.45, 7) is 0. The standard InChI is InChI=1S/C7H7NS2/c9-5-7(10)6-3-1-2-4-8-6/h1-4,9H,5H2. The second-order valence-corrected chi connectivity index (χ2v) is 2.61. The lowest BCUT2D eigenvalue weighted by Crippen LogP contribution is -2.00. The number of hydrogen-bond donors (Lipinski definition) is 1. The molecule has 3 heteroatoms. The third-order valence-corrected chi connectivity index (χ3v) is 1.98. The van der Waals surface area contributed by atoms with E-state index in [-0.39, 0.29) is 0 Å². The summed E-state index contributed by atoms with van der Waals surface area (Å²) in [7, 11) is 0. The van der Waals surface area contributed by atoms with Crippen LogP contribution in [-0.2, 0) is 0 Å². The van der Waals surface area contributed by atoms with Gasteiger partial charge in [0.2, 0.25) is 0 Å². The van der Waals surface area contributed by atoms with Gasteiger partial charge in [-0.05, 0) is 12.1 Å². The molecule has 0 aliphatic rings. The summed E-state index contributed by atoms with van der Waals surface area (Å²) < 4.78 is 0. The zero-order valence-corrected chi connectivity index (χ0v) is 7.03. The Morgan fingerprint density at radius 2 is 2.40 bits per heavy atom. The first-order valence-corrected chi connectivity index (χ1v) is 3.94. The van der Waals surface area contributed by atoms with E-state index >= 15 is 0 Å². The first-order valence-electron chi connectivity index (χ1n) is 2.89. The minimum absolute atomic E-state index is 0.590. The third kappa shape index (κ3) is 1.78. The fraction of sp³-hybridized carbons (Fsp3) is 0.143. The molecular formula is C7H7NS2. The van der Waals surface area contributed by atoms with Gasteiger partial charge < -0.3 is 0 Å². The number of thiol groups is 1. The van der Waals surface area contributed by atoms with Crippen LogP contribution in [0.4, 0.5) is 0 Å². The van der Waals surface area contributed by atoms with Crippen LogP contribution in [0.3, 0.4) is 0 Å². The first-order chi connectivity index (χ1) is 4.84. The first kappa shape index (κ1) is 7.69. The van der Waals surface area contributed by atoms with Gasteiger partial charge in [-0.2, -0.15) is 12.6 Å². The van der Waals surface area contributed by atoms with Gasteiger partial charge in [-0.15, -0.1) is 0 Å². The van der Waals surface area contributed by atoms with E-state index in [1.165, 1.54) is 0 Å². The van der Waals surface area contributed by atoms with Crippen molar-refractivity contribution in [2.24, 2.45) is 0 Å². The Hall–Kier alpha value is -0.410. The molecule has 1 heterocycles. The highest BCUT2D eigenvalue weighted by atomic mass is 32.1. The van der Waals surface area contributed by atoms with Crippen molar-refractivity contribution in [1.29, 1.82) is 0 Å². The largest absolute Gasteiger partial charge is 0.256 e. The molecular weight excluding hydrogens is 162 g/mol. The molecule has 0 aliphatic carbocycles. The summed E-state index contributed by atoms with van der Waals surface area (Å²) in [5.74, 6) is 0.590. The van der Waals surface area contributed by atoms with Crippen LogP contribution in [-0.4, -0.2) is 15.6 Å². The molecule has 0 bridgehead atoms. The molecule has 1 aromatic heterocycles. The van der Waals surface area contributed by atoms with Gasteiger partial charge in [0.1, 0.15) is 0 Å². The van der Waals surface area contributed by atoms with Crippen molar-refractivity contribution in [2.75, 3.05) is 5.75 Å². The van der Waals surface area contributed by atoms with Crippen LogP contribution in [0.5, 0.6) is 0 Å².